The van der Waals surface area contributed by atoms with Crippen molar-refractivity contribution in [2.45, 2.75) is 25.5 Å². The van der Waals surface area contributed by atoms with E-state index in [4.69, 9.17) is 0 Å². The van der Waals surface area contributed by atoms with E-state index in [1.807, 2.05) is 35.8 Å². The fourth-order valence-corrected chi connectivity index (χ4v) is 3.47. The van der Waals surface area contributed by atoms with E-state index >= 15 is 0 Å². The lowest BCUT2D eigenvalue weighted by molar-refractivity contribution is -0.113. The maximum absolute atomic E-state index is 12.3. The highest BCUT2D eigenvalue weighted by Gasteiger charge is 2.15. The van der Waals surface area contributed by atoms with E-state index in [0.717, 1.165) is 11.4 Å². The van der Waals surface area contributed by atoms with Gasteiger partial charge in [-0.15, -0.1) is 16.8 Å². The number of carbonyl (C=O) groups excluding carboxylic acids is 2. The fourth-order valence-electron chi connectivity index (χ4n) is 2.72. The quantitative estimate of drug-likeness (QED) is 0.341. The van der Waals surface area contributed by atoms with Gasteiger partial charge in [-0.25, -0.2) is 0 Å². The number of carbonyl (C=O) groups is 2. The summed E-state index contributed by atoms with van der Waals surface area (Å²) in [4.78, 5) is 23.6. The molecule has 1 amide bonds. The van der Waals surface area contributed by atoms with E-state index in [9.17, 15) is 9.59 Å². The highest BCUT2D eigenvalue weighted by atomic mass is 32.2. The monoisotopic (exact) mass is 406 g/mol. The summed E-state index contributed by atoms with van der Waals surface area (Å²) in [7, 11) is 0. The van der Waals surface area contributed by atoms with Crippen LogP contribution >= 0.6 is 11.8 Å². The Morgan fingerprint density at radius 1 is 1.10 bits per heavy atom. The fraction of sp³-hybridized carbons (Fsp3) is 0.182. The second-order valence-corrected chi connectivity index (χ2v) is 7.48. The van der Waals surface area contributed by atoms with Crippen LogP contribution in [0.25, 0.3) is 11.4 Å². The van der Waals surface area contributed by atoms with E-state index in [2.05, 4.69) is 22.1 Å². The molecule has 0 aliphatic heterocycles. The maximum Gasteiger partial charge on any atom is 0.234 e. The number of hydrogen-bond acceptors (Lipinski definition) is 5. The molecule has 0 spiro atoms. The zero-order chi connectivity index (χ0) is 20.8. The van der Waals surface area contributed by atoms with Gasteiger partial charge in [0.25, 0.3) is 0 Å². The normalized spacial score (nSPS) is 10.6. The first-order chi connectivity index (χ1) is 14.0. The minimum atomic E-state index is -0.157. The van der Waals surface area contributed by atoms with E-state index in [0.29, 0.717) is 23.0 Å². The number of nitrogens with zero attached hydrogens (tertiary/aromatic N) is 3. The molecule has 0 fully saturated rings. The van der Waals surface area contributed by atoms with Crippen molar-refractivity contribution < 1.29 is 9.59 Å². The van der Waals surface area contributed by atoms with Gasteiger partial charge in [-0.2, -0.15) is 0 Å². The van der Waals surface area contributed by atoms with Crippen LogP contribution in [0.2, 0.25) is 0 Å². The third kappa shape index (κ3) is 5.20. The molecule has 0 radical (unpaired) electrons. The van der Waals surface area contributed by atoms with Crippen LogP contribution in [-0.4, -0.2) is 32.2 Å². The molecule has 1 aromatic heterocycles. The summed E-state index contributed by atoms with van der Waals surface area (Å²) >= 11 is 1.32. The molecule has 6 nitrogen and oxygen atoms in total. The van der Waals surface area contributed by atoms with Gasteiger partial charge in [-0.1, -0.05) is 47.7 Å². The number of aryl methyl sites for hydroxylation is 1. The maximum atomic E-state index is 12.3. The van der Waals surface area contributed by atoms with Gasteiger partial charge < -0.3 is 5.32 Å². The van der Waals surface area contributed by atoms with E-state index in [1.165, 1.54) is 24.2 Å². The number of hydrogen-bond donors (Lipinski definition) is 1. The highest BCUT2D eigenvalue weighted by molar-refractivity contribution is 7.99. The van der Waals surface area contributed by atoms with Crippen molar-refractivity contribution in [2.24, 2.45) is 0 Å². The van der Waals surface area contributed by atoms with Crippen molar-refractivity contribution in [3.8, 4) is 11.4 Å². The summed E-state index contributed by atoms with van der Waals surface area (Å²) in [6, 6.07) is 14.9. The van der Waals surface area contributed by atoms with Crippen molar-refractivity contribution in [3.63, 3.8) is 0 Å². The van der Waals surface area contributed by atoms with Crippen LogP contribution in [0.3, 0.4) is 0 Å². The second kappa shape index (κ2) is 9.34. The Labute approximate surface area is 174 Å². The van der Waals surface area contributed by atoms with Crippen LogP contribution in [0.15, 0.2) is 66.3 Å². The molecule has 7 heteroatoms. The molecule has 1 heterocycles. The van der Waals surface area contributed by atoms with Gasteiger partial charge in [-0.3, -0.25) is 14.2 Å². The van der Waals surface area contributed by atoms with Gasteiger partial charge in [0.2, 0.25) is 5.91 Å². The molecule has 2 aromatic carbocycles. The standard InChI is InChI=1S/C22H22N4O2S/c1-4-13-26-21(18-7-5-15(2)6-8-18)24-25-22(26)29-14-20(28)23-19-11-9-17(10-12-19)16(3)27/h4-12H,1,13-14H2,2-3H3,(H,23,28). The molecule has 148 valence electrons. The lowest BCUT2D eigenvalue weighted by Crippen LogP contribution is -2.14. The number of Topliss-reactive ketones (excluding diaryl/α,β-unsaturated/α-hetero) is 1. The molecular weight excluding hydrogens is 384 g/mol. The first-order valence-electron chi connectivity index (χ1n) is 9.12. The van der Waals surface area contributed by atoms with Gasteiger partial charge in [-0.05, 0) is 38.1 Å². The summed E-state index contributed by atoms with van der Waals surface area (Å²) in [5, 5.41) is 12.0. The molecule has 0 aliphatic rings. The SMILES string of the molecule is C=CCn1c(SCC(=O)Nc2ccc(C(C)=O)cc2)nnc1-c1ccc(C)cc1. The lowest BCUT2D eigenvalue weighted by Gasteiger charge is -2.08. The Morgan fingerprint density at radius 2 is 1.79 bits per heavy atom. The molecule has 3 aromatic rings. The highest BCUT2D eigenvalue weighted by Crippen LogP contribution is 2.24. The molecule has 1 N–H and O–H groups in total. The molecule has 0 saturated heterocycles. The molecule has 0 bridgehead atoms. The number of aromatic nitrogens is 3. The molecule has 0 aliphatic carbocycles. The molecule has 0 saturated carbocycles. The van der Waals surface area contributed by atoms with Crippen LogP contribution in [0.1, 0.15) is 22.8 Å². The predicted octanol–water partition coefficient (Wildman–Crippen LogP) is 4.37. The topological polar surface area (TPSA) is 76.9 Å². The Morgan fingerprint density at radius 3 is 2.41 bits per heavy atom. The smallest absolute Gasteiger partial charge is 0.234 e. The van der Waals surface area contributed by atoms with Crippen molar-refractivity contribution >= 4 is 29.1 Å². The summed E-state index contributed by atoms with van der Waals surface area (Å²) in [6.45, 7) is 7.90. The van der Waals surface area contributed by atoms with E-state index in [1.54, 1.807) is 30.3 Å². The van der Waals surface area contributed by atoms with Gasteiger partial charge in [0.15, 0.2) is 16.8 Å². The number of allylic oxidation sites excluding steroid dienone is 1. The zero-order valence-electron chi connectivity index (χ0n) is 16.4. The average molecular weight is 407 g/mol. The number of rotatable bonds is 8. The Hall–Kier alpha value is -3.19. The molecular formula is C22H22N4O2S. The Kier molecular flexibility index (Phi) is 6.61. The van der Waals surface area contributed by atoms with Crippen LogP contribution in [-0.2, 0) is 11.3 Å². The van der Waals surface area contributed by atoms with Crippen molar-refractivity contribution in [3.05, 3.63) is 72.3 Å². The lowest BCUT2D eigenvalue weighted by atomic mass is 10.1. The van der Waals surface area contributed by atoms with Crippen molar-refractivity contribution in [1.82, 2.24) is 14.8 Å². The summed E-state index contributed by atoms with van der Waals surface area (Å²) in [5.74, 6) is 0.769. The first-order valence-corrected chi connectivity index (χ1v) is 10.1. The molecule has 29 heavy (non-hydrogen) atoms. The van der Waals surface area contributed by atoms with Crippen LogP contribution in [0.5, 0.6) is 0 Å². The number of benzene rings is 2. The number of thioether (sulfide) groups is 1. The largest absolute Gasteiger partial charge is 0.325 e. The van der Waals surface area contributed by atoms with Crippen LogP contribution in [0.4, 0.5) is 5.69 Å². The Bertz CT molecular complexity index is 1020. The minimum Gasteiger partial charge on any atom is -0.325 e. The summed E-state index contributed by atoms with van der Waals surface area (Å²) in [5.41, 5.74) is 3.39. The van der Waals surface area contributed by atoms with Gasteiger partial charge in [0.1, 0.15) is 0 Å². The molecule has 3 rings (SSSR count). The summed E-state index contributed by atoms with van der Waals surface area (Å²) in [6.07, 6.45) is 1.78. The molecule has 0 unspecified atom stereocenters. The average Bonchev–Trinajstić information content (AvgIpc) is 3.10. The first kappa shape index (κ1) is 20.5. The minimum absolute atomic E-state index is 0.00984. The zero-order valence-corrected chi connectivity index (χ0v) is 17.2. The predicted molar refractivity (Wildman–Crippen MR) is 116 cm³/mol. The second-order valence-electron chi connectivity index (χ2n) is 6.54. The van der Waals surface area contributed by atoms with Crippen LogP contribution in [0, 0.1) is 6.92 Å². The van der Waals surface area contributed by atoms with Gasteiger partial charge in [0.05, 0.1) is 5.75 Å². The van der Waals surface area contributed by atoms with Crippen LogP contribution < -0.4 is 5.32 Å². The third-order valence-corrected chi connectivity index (χ3v) is 5.21. The third-order valence-electron chi connectivity index (χ3n) is 4.25. The summed E-state index contributed by atoms with van der Waals surface area (Å²) < 4.78 is 1.94. The van der Waals surface area contributed by atoms with E-state index < -0.39 is 0 Å². The molecule has 0 atom stereocenters. The van der Waals surface area contributed by atoms with Gasteiger partial charge in [0, 0.05) is 23.4 Å². The van der Waals surface area contributed by atoms with Crippen molar-refractivity contribution in [1.29, 1.82) is 0 Å². The number of ketones is 1. The number of anilines is 1. The number of nitrogens with one attached hydrogen (secondary N) is 1. The van der Waals surface area contributed by atoms with Gasteiger partial charge >= 0.3 is 0 Å². The van der Waals surface area contributed by atoms with Crippen molar-refractivity contribution in [2.75, 3.05) is 11.1 Å². The number of amides is 1. The Balaban J connectivity index is 1.68. The van der Waals surface area contributed by atoms with E-state index in [-0.39, 0.29) is 17.4 Å².